The van der Waals surface area contributed by atoms with Crippen molar-refractivity contribution in [2.24, 2.45) is 0 Å². The quantitative estimate of drug-likeness (QED) is 0.772. The number of aryl methyl sites for hydroxylation is 1. The van der Waals surface area contributed by atoms with Crippen molar-refractivity contribution < 1.29 is 4.79 Å². The number of anilines is 1. The Morgan fingerprint density at radius 3 is 3.30 bits per heavy atom. The van der Waals surface area contributed by atoms with Crippen LogP contribution in [0.15, 0.2) is 42.9 Å². The number of benzene rings is 1. The molecule has 1 atom stereocenters. The summed E-state index contributed by atoms with van der Waals surface area (Å²) >= 11 is 0. The number of amides is 1. The maximum absolute atomic E-state index is 12.4. The Kier molecular flexibility index (Phi) is 3.22. The minimum Gasteiger partial charge on any atom is -0.373 e. The zero-order chi connectivity index (χ0) is 15.8. The monoisotopic (exact) mass is 307 g/mol. The number of nitrogens with one attached hydrogen (secondary N) is 2. The summed E-state index contributed by atoms with van der Waals surface area (Å²) in [4.78, 5) is 16.7. The van der Waals surface area contributed by atoms with Crippen molar-refractivity contribution in [3.05, 3.63) is 59.5 Å². The SMILES string of the molecule is Cc1ccc2c(c1)C[C@@H](C(=O)NCc1cnn3cccnc13)N2. The van der Waals surface area contributed by atoms with Crippen LogP contribution in [0.25, 0.3) is 5.65 Å². The van der Waals surface area contributed by atoms with Crippen molar-refractivity contribution in [3.63, 3.8) is 0 Å². The lowest BCUT2D eigenvalue weighted by atomic mass is 10.1. The molecule has 0 unspecified atom stereocenters. The van der Waals surface area contributed by atoms with Crippen molar-refractivity contribution in [1.29, 1.82) is 0 Å². The fourth-order valence-electron chi connectivity index (χ4n) is 2.96. The molecule has 23 heavy (non-hydrogen) atoms. The van der Waals surface area contributed by atoms with Gasteiger partial charge in [0.2, 0.25) is 5.91 Å². The predicted molar refractivity (Wildman–Crippen MR) is 87.1 cm³/mol. The fraction of sp³-hybridized carbons (Fsp3) is 0.235. The van der Waals surface area contributed by atoms with Gasteiger partial charge in [0.1, 0.15) is 6.04 Å². The summed E-state index contributed by atoms with van der Waals surface area (Å²) in [7, 11) is 0. The molecule has 1 aromatic carbocycles. The van der Waals surface area contributed by atoms with Gasteiger partial charge in [0.05, 0.1) is 6.20 Å². The lowest BCUT2D eigenvalue weighted by molar-refractivity contribution is -0.121. The van der Waals surface area contributed by atoms with Crippen LogP contribution in [0.4, 0.5) is 5.69 Å². The highest BCUT2D eigenvalue weighted by molar-refractivity contribution is 5.87. The molecule has 3 heterocycles. The van der Waals surface area contributed by atoms with Gasteiger partial charge in [-0.3, -0.25) is 4.79 Å². The number of hydrogen-bond donors (Lipinski definition) is 2. The smallest absolute Gasteiger partial charge is 0.243 e. The zero-order valence-electron chi connectivity index (χ0n) is 12.8. The van der Waals surface area contributed by atoms with Gasteiger partial charge in [0.15, 0.2) is 5.65 Å². The molecule has 0 bridgehead atoms. The molecule has 1 amide bonds. The first kappa shape index (κ1) is 13.8. The maximum Gasteiger partial charge on any atom is 0.243 e. The van der Waals surface area contributed by atoms with Gasteiger partial charge in [-0.25, -0.2) is 9.50 Å². The molecule has 0 radical (unpaired) electrons. The number of fused-ring (bicyclic) bond motifs is 2. The van der Waals surface area contributed by atoms with E-state index in [9.17, 15) is 4.79 Å². The summed E-state index contributed by atoms with van der Waals surface area (Å²) in [6.07, 6.45) is 6.02. The molecule has 0 spiro atoms. The van der Waals surface area contributed by atoms with Gasteiger partial charge in [-0.05, 0) is 24.6 Å². The minimum absolute atomic E-state index is 0.00543. The average molecular weight is 307 g/mol. The first-order chi connectivity index (χ1) is 11.2. The number of hydrogen-bond acceptors (Lipinski definition) is 4. The van der Waals surface area contributed by atoms with E-state index in [4.69, 9.17) is 0 Å². The maximum atomic E-state index is 12.4. The third-order valence-electron chi connectivity index (χ3n) is 4.14. The van der Waals surface area contributed by atoms with Crippen molar-refractivity contribution in [1.82, 2.24) is 19.9 Å². The van der Waals surface area contributed by atoms with E-state index in [1.54, 1.807) is 16.9 Å². The second-order valence-corrected chi connectivity index (χ2v) is 5.84. The molecule has 0 saturated heterocycles. The molecule has 0 saturated carbocycles. The minimum atomic E-state index is -0.221. The molecule has 1 aliphatic heterocycles. The van der Waals surface area contributed by atoms with Crippen LogP contribution in [0.2, 0.25) is 0 Å². The number of aromatic nitrogens is 3. The van der Waals surface area contributed by atoms with Gasteiger partial charge in [-0.1, -0.05) is 17.7 Å². The molecule has 0 aliphatic carbocycles. The molecule has 4 rings (SSSR count). The highest BCUT2D eigenvalue weighted by Crippen LogP contribution is 2.26. The van der Waals surface area contributed by atoms with Gasteiger partial charge in [-0.15, -0.1) is 0 Å². The molecular weight excluding hydrogens is 290 g/mol. The topological polar surface area (TPSA) is 71.3 Å². The molecular formula is C17H17N5O. The van der Waals surface area contributed by atoms with Crippen LogP contribution in [0.3, 0.4) is 0 Å². The van der Waals surface area contributed by atoms with Gasteiger partial charge < -0.3 is 10.6 Å². The zero-order valence-corrected chi connectivity index (χ0v) is 12.8. The van der Waals surface area contributed by atoms with E-state index in [1.165, 1.54) is 11.1 Å². The van der Waals surface area contributed by atoms with Crippen LogP contribution in [-0.4, -0.2) is 26.5 Å². The Labute approximate surface area is 133 Å². The average Bonchev–Trinajstić information content (AvgIpc) is 3.16. The summed E-state index contributed by atoms with van der Waals surface area (Å²) in [6, 6.07) is 7.82. The summed E-state index contributed by atoms with van der Waals surface area (Å²) in [5.74, 6) is -0.00543. The van der Waals surface area contributed by atoms with Gasteiger partial charge in [0.25, 0.3) is 0 Å². The fourth-order valence-corrected chi connectivity index (χ4v) is 2.96. The van der Waals surface area contributed by atoms with E-state index in [0.717, 1.165) is 23.3 Å². The van der Waals surface area contributed by atoms with E-state index < -0.39 is 0 Å². The summed E-state index contributed by atoms with van der Waals surface area (Å²) in [5, 5.41) is 10.5. The number of carbonyl (C=O) groups excluding carboxylic acids is 1. The van der Waals surface area contributed by atoms with Gasteiger partial charge >= 0.3 is 0 Å². The lowest BCUT2D eigenvalue weighted by Crippen LogP contribution is -2.38. The van der Waals surface area contributed by atoms with Crippen LogP contribution >= 0.6 is 0 Å². The van der Waals surface area contributed by atoms with E-state index in [-0.39, 0.29) is 11.9 Å². The Morgan fingerprint density at radius 2 is 2.39 bits per heavy atom. The standard InChI is InChI=1S/C17H17N5O/c1-11-3-4-14-12(7-11)8-15(21-14)17(23)19-9-13-10-20-22-6-2-5-18-16(13)22/h2-7,10,15,21H,8-9H2,1H3,(H,19,23)/t15-/m0/s1. The van der Waals surface area contributed by atoms with Gasteiger partial charge in [-0.2, -0.15) is 5.10 Å². The third kappa shape index (κ3) is 2.52. The van der Waals surface area contributed by atoms with Crippen molar-refractivity contribution in [2.75, 3.05) is 5.32 Å². The third-order valence-corrected chi connectivity index (χ3v) is 4.14. The summed E-state index contributed by atoms with van der Waals surface area (Å²) < 4.78 is 1.70. The van der Waals surface area contributed by atoms with Crippen LogP contribution in [0.1, 0.15) is 16.7 Å². The number of rotatable bonds is 3. The number of nitrogens with zero attached hydrogens (tertiary/aromatic N) is 3. The lowest BCUT2D eigenvalue weighted by Gasteiger charge is -2.11. The van der Waals surface area contributed by atoms with Crippen LogP contribution in [-0.2, 0) is 17.8 Å². The first-order valence-corrected chi connectivity index (χ1v) is 7.62. The Hall–Kier alpha value is -2.89. The van der Waals surface area contributed by atoms with E-state index in [0.29, 0.717) is 6.54 Å². The predicted octanol–water partition coefficient (Wildman–Crippen LogP) is 1.69. The molecule has 6 nitrogen and oxygen atoms in total. The van der Waals surface area contributed by atoms with Crippen LogP contribution in [0.5, 0.6) is 0 Å². The first-order valence-electron chi connectivity index (χ1n) is 7.62. The summed E-state index contributed by atoms with van der Waals surface area (Å²) in [5.41, 5.74) is 5.14. The van der Waals surface area contributed by atoms with Crippen LogP contribution in [0, 0.1) is 6.92 Å². The number of carbonyl (C=O) groups is 1. The van der Waals surface area contributed by atoms with Crippen molar-refractivity contribution in [3.8, 4) is 0 Å². The van der Waals surface area contributed by atoms with E-state index >= 15 is 0 Å². The second-order valence-electron chi connectivity index (χ2n) is 5.84. The largest absolute Gasteiger partial charge is 0.373 e. The molecule has 116 valence electrons. The highest BCUT2D eigenvalue weighted by Gasteiger charge is 2.26. The van der Waals surface area contributed by atoms with Crippen molar-refractivity contribution >= 4 is 17.2 Å². The molecule has 2 aromatic heterocycles. The normalized spacial score (nSPS) is 16.1. The second kappa shape index (κ2) is 5.39. The molecule has 3 aromatic rings. The van der Waals surface area contributed by atoms with Crippen molar-refractivity contribution in [2.45, 2.75) is 25.9 Å². The van der Waals surface area contributed by atoms with Crippen LogP contribution < -0.4 is 10.6 Å². The Bertz CT molecular complexity index is 886. The molecule has 2 N–H and O–H groups in total. The summed E-state index contributed by atoms with van der Waals surface area (Å²) in [6.45, 7) is 2.48. The van der Waals surface area contributed by atoms with E-state index in [1.807, 2.05) is 18.3 Å². The van der Waals surface area contributed by atoms with E-state index in [2.05, 4.69) is 39.8 Å². The highest BCUT2D eigenvalue weighted by atomic mass is 16.2. The Morgan fingerprint density at radius 1 is 1.48 bits per heavy atom. The molecule has 0 fully saturated rings. The molecule has 1 aliphatic rings. The van der Waals surface area contributed by atoms with Gasteiger partial charge in [0, 0.05) is 36.6 Å². The Balaban J connectivity index is 1.43. The molecule has 6 heteroatoms.